The zero-order valence-corrected chi connectivity index (χ0v) is 15.3. The highest BCUT2D eigenvalue weighted by atomic mass is 35.5. The minimum atomic E-state index is -0.101. The van der Waals surface area contributed by atoms with Crippen LogP contribution in [-0.2, 0) is 0 Å². The molecule has 1 N–H and O–H groups in total. The van der Waals surface area contributed by atoms with Crippen molar-refractivity contribution in [2.75, 3.05) is 12.3 Å². The lowest BCUT2D eigenvalue weighted by molar-refractivity contribution is 0.0955. The molecule has 0 saturated heterocycles. The number of benzene rings is 2. The number of rotatable bonds is 6. The van der Waals surface area contributed by atoms with E-state index in [2.05, 4.69) is 10.4 Å². The Hall–Kier alpha value is -2.24. The number of nitrogens with zero attached hydrogens (tertiary/aromatic N) is 2. The molecule has 3 aromatic rings. The average molecular weight is 372 g/mol. The van der Waals surface area contributed by atoms with Gasteiger partial charge in [-0.3, -0.25) is 4.79 Å². The summed E-state index contributed by atoms with van der Waals surface area (Å²) in [6, 6.07) is 17.5. The fraction of sp³-hybridized carbons (Fsp3) is 0.158. The first-order chi connectivity index (χ1) is 12.1. The molecule has 0 radical (unpaired) electrons. The molecular weight excluding hydrogens is 354 g/mol. The molecule has 1 aromatic heterocycles. The fourth-order valence-corrected chi connectivity index (χ4v) is 3.32. The maximum absolute atomic E-state index is 12.4. The SMILES string of the molecule is Cc1c(C(=O)NCCSc2ccc(Cl)cc2)cnn1-c1ccccc1. The maximum atomic E-state index is 12.4. The third-order valence-electron chi connectivity index (χ3n) is 3.73. The van der Waals surface area contributed by atoms with Gasteiger partial charge in [0, 0.05) is 22.2 Å². The predicted octanol–water partition coefficient (Wildman–Crippen LogP) is 4.36. The lowest BCUT2D eigenvalue weighted by Gasteiger charge is -2.07. The van der Waals surface area contributed by atoms with Gasteiger partial charge in [0.2, 0.25) is 0 Å². The largest absolute Gasteiger partial charge is 0.351 e. The molecule has 0 unspecified atom stereocenters. The average Bonchev–Trinajstić information content (AvgIpc) is 3.02. The standard InChI is InChI=1S/C19H18ClN3OS/c1-14-18(13-22-23(14)16-5-3-2-4-6-16)19(24)21-11-12-25-17-9-7-15(20)8-10-17/h2-10,13H,11-12H2,1H3,(H,21,24). The van der Waals surface area contributed by atoms with Crippen LogP contribution in [0.25, 0.3) is 5.69 Å². The second kappa shape index (κ2) is 8.23. The van der Waals surface area contributed by atoms with Gasteiger partial charge in [0.15, 0.2) is 0 Å². The highest BCUT2D eigenvalue weighted by Gasteiger charge is 2.14. The van der Waals surface area contributed by atoms with Gasteiger partial charge in [0.1, 0.15) is 0 Å². The van der Waals surface area contributed by atoms with Crippen molar-refractivity contribution in [2.24, 2.45) is 0 Å². The number of para-hydroxylation sites is 1. The van der Waals surface area contributed by atoms with Gasteiger partial charge in [0.25, 0.3) is 5.91 Å². The third-order valence-corrected chi connectivity index (χ3v) is 4.99. The molecule has 0 aliphatic heterocycles. The van der Waals surface area contributed by atoms with E-state index in [1.807, 2.05) is 61.5 Å². The number of thioether (sulfide) groups is 1. The molecule has 0 bridgehead atoms. The van der Waals surface area contributed by atoms with Crippen LogP contribution in [0.2, 0.25) is 5.02 Å². The Morgan fingerprint density at radius 1 is 1.16 bits per heavy atom. The molecule has 128 valence electrons. The summed E-state index contributed by atoms with van der Waals surface area (Å²) in [4.78, 5) is 13.5. The third kappa shape index (κ3) is 4.44. The number of amides is 1. The van der Waals surface area contributed by atoms with Gasteiger partial charge < -0.3 is 5.32 Å². The molecule has 1 heterocycles. The molecule has 0 saturated carbocycles. The van der Waals surface area contributed by atoms with E-state index in [-0.39, 0.29) is 5.91 Å². The van der Waals surface area contributed by atoms with E-state index >= 15 is 0 Å². The van der Waals surface area contributed by atoms with Crippen LogP contribution in [0.15, 0.2) is 65.7 Å². The van der Waals surface area contributed by atoms with Gasteiger partial charge in [-0.1, -0.05) is 29.8 Å². The Morgan fingerprint density at radius 2 is 1.88 bits per heavy atom. The molecule has 0 aliphatic rings. The summed E-state index contributed by atoms with van der Waals surface area (Å²) in [5, 5.41) is 8.00. The molecule has 0 atom stereocenters. The minimum Gasteiger partial charge on any atom is -0.351 e. The van der Waals surface area contributed by atoms with Gasteiger partial charge in [-0.15, -0.1) is 11.8 Å². The van der Waals surface area contributed by atoms with E-state index in [4.69, 9.17) is 11.6 Å². The summed E-state index contributed by atoms with van der Waals surface area (Å²) in [5.41, 5.74) is 2.37. The molecule has 25 heavy (non-hydrogen) atoms. The maximum Gasteiger partial charge on any atom is 0.254 e. The molecule has 6 heteroatoms. The molecular formula is C19H18ClN3OS. The zero-order chi connectivity index (χ0) is 17.6. The summed E-state index contributed by atoms with van der Waals surface area (Å²) in [6.07, 6.45) is 1.62. The monoisotopic (exact) mass is 371 g/mol. The summed E-state index contributed by atoms with van der Waals surface area (Å²) >= 11 is 7.55. The fourth-order valence-electron chi connectivity index (χ4n) is 2.42. The summed E-state index contributed by atoms with van der Waals surface area (Å²) in [7, 11) is 0. The smallest absolute Gasteiger partial charge is 0.254 e. The van der Waals surface area contributed by atoms with Crippen molar-refractivity contribution in [3.05, 3.63) is 77.1 Å². The van der Waals surface area contributed by atoms with Crippen LogP contribution in [0.5, 0.6) is 0 Å². The Morgan fingerprint density at radius 3 is 2.60 bits per heavy atom. The van der Waals surface area contributed by atoms with Crippen LogP contribution in [0, 0.1) is 6.92 Å². The first-order valence-corrected chi connectivity index (χ1v) is 9.28. The topological polar surface area (TPSA) is 46.9 Å². The van der Waals surface area contributed by atoms with Gasteiger partial charge in [-0.2, -0.15) is 5.10 Å². The number of carbonyl (C=O) groups excluding carboxylic acids is 1. The number of hydrogen-bond donors (Lipinski definition) is 1. The molecule has 2 aromatic carbocycles. The van der Waals surface area contributed by atoms with Crippen LogP contribution in [0.3, 0.4) is 0 Å². The second-order valence-corrected chi connectivity index (χ2v) is 7.05. The Balaban J connectivity index is 1.55. The van der Waals surface area contributed by atoms with Crippen molar-refractivity contribution in [1.82, 2.24) is 15.1 Å². The van der Waals surface area contributed by atoms with Gasteiger partial charge in [0.05, 0.1) is 23.1 Å². The lowest BCUT2D eigenvalue weighted by atomic mass is 10.2. The van der Waals surface area contributed by atoms with Crippen LogP contribution >= 0.6 is 23.4 Å². The Kier molecular flexibility index (Phi) is 5.79. The van der Waals surface area contributed by atoms with Crippen molar-refractivity contribution in [3.8, 4) is 5.69 Å². The molecule has 0 spiro atoms. The lowest BCUT2D eigenvalue weighted by Crippen LogP contribution is -2.26. The van der Waals surface area contributed by atoms with E-state index in [9.17, 15) is 4.79 Å². The highest BCUT2D eigenvalue weighted by molar-refractivity contribution is 7.99. The normalized spacial score (nSPS) is 10.6. The summed E-state index contributed by atoms with van der Waals surface area (Å²) in [5.74, 6) is 0.690. The van der Waals surface area contributed by atoms with Crippen LogP contribution in [0.1, 0.15) is 16.1 Å². The first kappa shape index (κ1) is 17.6. The molecule has 0 fully saturated rings. The van der Waals surface area contributed by atoms with Crippen LogP contribution in [0.4, 0.5) is 0 Å². The van der Waals surface area contributed by atoms with Crippen LogP contribution in [-0.4, -0.2) is 28.0 Å². The Bertz CT molecular complexity index is 847. The highest BCUT2D eigenvalue weighted by Crippen LogP contribution is 2.20. The number of nitrogens with one attached hydrogen (secondary N) is 1. The zero-order valence-electron chi connectivity index (χ0n) is 13.8. The summed E-state index contributed by atoms with van der Waals surface area (Å²) < 4.78 is 1.78. The van der Waals surface area contributed by atoms with E-state index in [1.54, 1.807) is 22.6 Å². The van der Waals surface area contributed by atoms with Crippen molar-refractivity contribution in [2.45, 2.75) is 11.8 Å². The number of aromatic nitrogens is 2. The van der Waals surface area contributed by atoms with Gasteiger partial charge >= 0.3 is 0 Å². The van der Waals surface area contributed by atoms with E-state index in [0.29, 0.717) is 12.1 Å². The van der Waals surface area contributed by atoms with Gasteiger partial charge in [-0.05, 0) is 43.3 Å². The van der Waals surface area contributed by atoms with Crippen molar-refractivity contribution >= 4 is 29.3 Å². The number of carbonyl (C=O) groups is 1. The van der Waals surface area contributed by atoms with E-state index in [0.717, 1.165) is 27.1 Å². The van der Waals surface area contributed by atoms with E-state index < -0.39 is 0 Å². The van der Waals surface area contributed by atoms with Gasteiger partial charge in [-0.25, -0.2) is 4.68 Å². The molecule has 1 amide bonds. The van der Waals surface area contributed by atoms with Crippen LogP contribution < -0.4 is 5.32 Å². The van der Waals surface area contributed by atoms with Crippen molar-refractivity contribution in [1.29, 1.82) is 0 Å². The van der Waals surface area contributed by atoms with Crippen molar-refractivity contribution < 1.29 is 4.79 Å². The minimum absolute atomic E-state index is 0.101. The second-order valence-electron chi connectivity index (χ2n) is 5.45. The molecule has 3 rings (SSSR count). The number of halogens is 1. The number of hydrogen-bond acceptors (Lipinski definition) is 3. The summed E-state index contributed by atoms with van der Waals surface area (Å²) in [6.45, 7) is 2.49. The first-order valence-electron chi connectivity index (χ1n) is 7.92. The Labute approximate surface area is 156 Å². The van der Waals surface area contributed by atoms with Crippen molar-refractivity contribution in [3.63, 3.8) is 0 Å². The quantitative estimate of drug-likeness (QED) is 0.517. The molecule has 4 nitrogen and oxygen atoms in total. The molecule has 0 aliphatic carbocycles. The predicted molar refractivity (Wildman–Crippen MR) is 103 cm³/mol. The van der Waals surface area contributed by atoms with E-state index in [1.165, 1.54) is 0 Å².